The summed E-state index contributed by atoms with van der Waals surface area (Å²) < 4.78 is 28.6. The topological polar surface area (TPSA) is 60.7 Å². The van der Waals surface area contributed by atoms with Crippen molar-refractivity contribution in [2.75, 3.05) is 0 Å². The van der Waals surface area contributed by atoms with Crippen molar-refractivity contribution in [2.24, 2.45) is 23.2 Å². The van der Waals surface area contributed by atoms with Crippen molar-refractivity contribution in [2.45, 2.75) is 109 Å². The number of aliphatic hydroxyl groups excluding tert-OH is 2. The van der Waals surface area contributed by atoms with Crippen LogP contribution in [0.25, 0.3) is 0 Å². The van der Waals surface area contributed by atoms with Crippen LogP contribution in [0.1, 0.15) is 85.5 Å². The molecule has 0 bridgehead atoms. The van der Waals surface area contributed by atoms with Crippen molar-refractivity contribution in [1.82, 2.24) is 0 Å². The molecule has 3 fully saturated rings. The molecule has 3 N–H and O–H groups in total. The SMILES string of the molecule is C=C1C(=CC=C2CCC[C@@]3(C)C2CC[C@@H]3[C@H](C)CCC(F)(F)C(C)(C)O)C[C@@H](O)CC1O. The van der Waals surface area contributed by atoms with Crippen molar-refractivity contribution in [3.05, 3.63) is 35.5 Å². The minimum atomic E-state index is -3.08. The fourth-order valence-electron chi connectivity index (χ4n) is 6.60. The lowest BCUT2D eigenvalue weighted by Gasteiger charge is -2.44. The van der Waals surface area contributed by atoms with E-state index in [4.69, 9.17) is 0 Å². The second kappa shape index (κ2) is 9.31. The van der Waals surface area contributed by atoms with Crippen LogP contribution in [0.5, 0.6) is 0 Å². The fraction of sp³-hybridized carbons (Fsp3) is 0.778. The normalized spacial score (nSPS) is 37.7. The summed E-state index contributed by atoms with van der Waals surface area (Å²) in [6.45, 7) is 10.8. The van der Waals surface area contributed by atoms with Gasteiger partial charge in [0.1, 0.15) is 5.60 Å². The van der Waals surface area contributed by atoms with Crippen LogP contribution >= 0.6 is 0 Å². The molecule has 6 atom stereocenters. The van der Waals surface area contributed by atoms with Gasteiger partial charge in [-0.2, -0.15) is 0 Å². The van der Waals surface area contributed by atoms with Gasteiger partial charge in [0.05, 0.1) is 12.2 Å². The third-order valence-electron chi connectivity index (χ3n) is 8.80. The van der Waals surface area contributed by atoms with Crippen molar-refractivity contribution in [3.63, 3.8) is 0 Å². The van der Waals surface area contributed by atoms with Crippen LogP contribution in [0, 0.1) is 23.2 Å². The summed E-state index contributed by atoms with van der Waals surface area (Å²) >= 11 is 0. The van der Waals surface area contributed by atoms with E-state index in [2.05, 4.69) is 26.5 Å². The Morgan fingerprint density at radius 1 is 1.22 bits per heavy atom. The minimum absolute atomic E-state index is 0.106. The van der Waals surface area contributed by atoms with Crippen LogP contribution in [0.3, 0.4) is 0 Å². The number of hydrogen-bond donors (Lipinski definition) is 3. The molecule has 0 saturated heterocycles. The third-order valence-corrected chi connectivity index (χ3v) is 8.80. The quantitative estimate of drug-likeness (QED) is 0.467. The summed E-state index contributed by atoms with van der Waals surface area (Å²) in [5.74, 6) is -2.06. The van der Waals surface area contributed by atoms with E-state index in [1.165, 1.54) is 19.4 Å². The van der Waals surface area contributed by atoms with Crippen molar-refractivity contribution >= 4 is 0 Å². The number of alkyl halides is 2. The summed E-state index contributed by atoms with van der Waals surface area (Å²) in [4.78, 5) is 0. The first-order valence-electron chi connectivity index (χ1n) is 12.3. The van der Waals surface area contributed by atoms with Gasteiger partial charge < -0.3 is 15.3 Å². The largest absolute Gasteiger partial charge is 0.393 e. The van der Waals surface area contributed by atoms with Gasteiger partial charge >= 0.3 is 0 Å². The Morgan fingerprint density at radius 2 is 1.91 bits per heavy atom. The Hall–Kier alpha value is -1.04. The molecule has 0 radical (unpaired) electrons. The zero-order valence-electron chi connectivity index (χ0n) is 20.2. The van der Waals surface area contributed by atoms with Crippen LogP contribution in [0.4, 0.5) is 8.78 Å². The predicted molar refractivity (Wildman–Crippen MR) is 124 cm³/mol. The second-order valence-electron chi connectivity index (χ2n) is 11.4. The van der Waals surface area contributed by atoms with Crippen LogP contribution in [-0.4, -0.2) is 39.1 Å². The average molecular weight is 453 g/mol. The fourth-order valence-corrected chi connectivity index (χ4v) is 6.60. The highest BCUT2D eigenvalue weighted by atomic mass is 19.3. The van der Waals surface area contributed by atoms with Gasteiger partial charge in [0, 0.05) is 12.8 Å². The van der Waals surface area contributed by atoms with E-state index in [1.54, 1.807) is 0 Å². The Bertz CT molecular complexity index is 763. The number of allylic oxidation sites excluding steroid dienone is 3. The molecule has 0 amide bonds. The average Bonchev–Trinajstić information content (AvgIpc) is 3.04. The maximum atomic E-state index is 14.3. The van der Waals surface area contributed by atoms with Crippen molar-refractivity contribution in [3.8, 4) is 0 Å². The van der Waals surface area contributed by atoms with Gasteiger partial charge in [-0.05, 0) is 93.1 Å². The number of rotatable bonds is 6. The van der Waals surface area contributed by atoms with E-state index in [0.29, 0.717) is 36.7 Å². The van der Waals surface area contributed by atoms with Gasteiger partial charge in [-0.25, -0.2) is 8.78 Å². The number of aliphatic hydroxyl groups is 3. The second-order valence-corrected chi connectivity index (χ2v) is 11.4. The molecule has 2 unspecified atom stereocenters. The highest BCUT2D eigenvalue weighted by Gasteiger charge is 2.51. The molecule has 0 heterocycles. The lowest BCUT2D eigenvalue weighted by atomic mass is 9.60. The lowest BCUT2D eigenvalue weighted by Crippen LogP contribution is -2.43. The molecule has 0 aromatic rings. The van der Waals surface area contributed by atoms with Gasteiger partial charge in [-0.15, -0.1) is 0 Å². The minimum Gasteiger partial charge on any atom is -0.393 e. The van der Waals surface area contributed by atoms with Crippen LogP contribution in [0.2, 0.25) is 0 Å². The van der Waals surface area contributed by atoms with Gasteiger partial charge in [0.15, 0.2) is 0 Å². The van der Waals surface area contributed by atoms with E-state index in [-0.39, 0.29) is 17.8 Å². The molecule has 3 nitrogen and oxygen atoms in total. The molecule has 0 aliphatic heterocycles. The molecule has 182 valence electrons. The molecule has 5 heteroatoms. The zero-order valence-corrected chi connectivity index (χ0v) is 20.2. The maximum absolute atomic E-state index is 14.3. The van der Waals surface area contributed by atoms with E-state index in [0.717, 1.165) is 37.7 Å². The molecular weight excluding hydrogens is 410 g/mol. The lowest BCUT2D eigenvalue weighted by molar-refractivity contribution is -0.168. The van der Waals surface area contributed by atoms with E-state index >= 15 is 0 Å². The molecule has 0 aromatic heterocycles. The highest BCUT2D eigenvalue weighted by molar-refractivity contribution is 5.38. The van der Waals surface area contributed by atoms with E-state index in [9.17, 15) is 24.1 Å². The molecule has 3 saturated carbocycles. The Balaban J connectivity index is 1.73. The number of fused-ring (bicyclic) bond motifs is 1. The van der Waals surface area contributed by atoms with Crippen molar-refractivity contribution < 1.29 is 24.1 Å². The van der Waals surface area contributed by atoms with E-state index in [1.807, 2.05) is 6.08 Å². The first kappa shape index (κ1) is 25.6. The molecule has 3 rings (SSSR count). The Labute approximate surface area is 192 Å². The Kier molecular flexibility index (Phi) is 7.44. The summed E-state index contributed by atoms with van der Waals surface area (Å²) in [7, 11) is 0. The summed E-state index contributed by atoms with van der Waals surface area (Å²) in [6, 6.07) is 0. The van der Waals surface area contributed by atoms with Gasteiger partial charge in [-0.1, -0.05) is 38.2 Å². The Morgan fingerprint density at radius 3 is 2.56 bits per heavy atom. The van der Waals surface area contributed by atoms with Gasteiger partial charge in [0.2, 0.25) is 0 Å². The smallest absolute Gasteiger partial charge is 0.275 e. The molecule has 32 heavy (non-hydrogen) atoms. The summed E-state index contributed by atoms with van der Waals surface area (Å²) in [6.07, 6.45) is 9.40. The molecule has 0 spiro atoms. The van der Waals surface area contributed by atoms with Crippen LogP contribution < -0.4 is 0 Å². The zero-order chi connectivity index (χ0) is 23.9. The molecular formula is C27H42F2O3. The first-order chi connectivity index (χ1) is 14.8. The first-order valence-corrected chi connectivity index (χ1v) is 12.3. The van der Waals surface area contributed by atoms with E-state index < -0.39 is 23.7 Å². The number of hydrogen-bond acceptors (Lipinski definition) is 3. The van der Waals surface area contributed by atoms with Crippen LogP contribution in [-0.2, 0) is 0 Å². The summed E-state index contributed by atoms with van der Waals surface area (Å²) in [5.41, 5.74) is 1.15. The molecule has 3 aliphatic rings. The standard InChI is InChI=1S/C27H42F2O3/c1-17(12-14-27(28,29)25(3,4)32)22-10-11-23-19(7-6-13-26(22,23)5)8-9-20-15-21(30)16-24(31)18(20)2/h8-9,17,21-24,30-32H,2,6-7,10-16H2,1,3-5H3/t17-,21-,22-,23?,24?,26-/m1/s1. The third kappa shape index (κ3) is 5.05. The van der Waals surface area contributed by atoms with Crippen LogP contribution in [0.15, 0.2) is 35.5 Å². The maximum Gasteiger partial charge on any atom is 0.275 e. The summed E-state index contributed by atoms with van der Waals surface area (Å²) in [5, 5.41) is 29.9. The molecule has 0 aromatic carbocycles. The molecule has 3 aliphatic carbocycles. The number of halogens is 2. The monoisotopic (exact) mass is 452 g/mol. The van der Waals surface area contributed by atoms with Gasteiger partial charge in [-0.3, -0.25) is 0 Å². The van der Waals surface area contributed by atoms with Crippen molar-refractivity contribution in [1.29, 1.82) is 0 Å². The predicted octanol–water partition coefficient (Wildman–Crippen LogP) is 5.95. The van der Waals surface area contributed by atoms with Gasteiger partial charge in [0.25, 0.3) is 5.92 Å². The highest BCUT2D eigenvalue weighted by Crippen LogP contribution is 2.60.